The highest BCUT2D eigenvalue weighted by atomic mass is 32.2. The number of nitrogens with zero attached hydrogens (tertiary/aromatic N) is 2. The third-order valence-electron chi connectivity index (χ3n) is 1.61. The molecule has 2 heterocycles. The number of thiazole rings is 1. The molecule has 2 rings (SSSR count). The van der Waals surface area contributed by atoms with Crippen LogP contribution in [-0.2, 0) is 10.0 Å². The van der Waals surface area contributed by atoms with Crippen LogP contribution >= 0.6 is 11.3 Å². The van der Waals surface area contributed by atoms with Gasteiger partial charge in [0.15, 0.2) is 10.2 Å². The van der Waals surface area contributed by atoms with E-state index in [-0.39, 0.29) is 5.03 Å². The molecule has 0 amide bonds. The molecule has 0 fully saturated rings. The maximum Gasteiger partial charge on any atom is 0.280 e. The largest absolute Gasteiger partial charge is 0.334 e. The second-order valence-corrected chi connectivity index (χ2v) is 5.68. The Morgan fingerprint density at radius 3 is 2.80 bits per heavy atom. The van der Waals surface area contributed by atoms with E-state index in [1.807, 2.05) is 6.92 Å². The second kappa shape index (κ2) is 3.63. The fourth-order valence-corrected chi connectivity index (χ4v) is 2.77. The van der Waals surface area contributed by atoms with Crippen molar-refractivity contribution in [3.63, 3.8) is 0 Å². The lowest BCUT2D eigenvalue weighted by Gasteiger charge is -2.00. The monoisotopic (exact) mass is 244 g/mol. The van der Waals surface area contributed by atoms with Gasteiger partial charge >= 0.3 is 0 Å². The fraction of sp³-hybridized carbons (Fsp3) is 0.143. The Morgan fingerprint density at radius 2 is 2.27 bits per heavy atom. The van der Waals surface area contributed by atoms with Gasteiger partial charge in [0.1, 0.15) is 0 Å². The predicted molar refractivity (Wildman–Crippen MR) is 56.2 cm³/mol. The summed E-state index contributed by atoms with van der Waals surface area (Å²) in [6.45, 7) is 1.85. The second-order valence-electron chi connectivity index (χ2n) is 2.80. The number of H-pyrrole nitrogens is 1. The van der Waals surface area contributed by atoms with Crippen molar-refractivity contribution in [3.8, 4) is 0 Å². The molecule has 2 aromatic heterocycles. The van der Waals surface area contributed by atoms with Gasteiger partial charge in [-0.2, -0.15) is 8.42 Å². The van der Waals surface area contributed by atoms with Gasteiger partial charge in [0.2, 0.25) is 0 Å². The molecule has 0 unspecified atom stereocenters. The molecule has 0 aliphatic carbocycles. The van der Waals surface area contributed by atoms with Crippen molar-refractivity contribution >= 4 is 26.5 Å². The molecule has 15 heavy (non-hydrogen) atoms. The Bertz CT molecular complexity index is 543. The number of hydrogen-bond acceptors (Lipinski definition) is 5. The van der Waals surface area contributed by atoms with Crippen molar-refractivity contribution in [2.75, 3.05) is 4.72 Å². The highest BCUT2D eigenvalue weighted by Gasteiger charge is 2.16. The SMILES string of the molecule is Cc1cnc(NS(=O)(=O)c2cnc[nH]2)s1. The van der Waals surface area contributed by atoms with Crippen LogP contribution < -0.4 is 4.72 Å². The Balaban J connectivity index is 2.26. The molecule has 0 saturated carbocycles. The number of anilines is 1. The normalized spacial score (nSPS) is 11.5. The third-order valence-corrected chi connectivity index (χ3v) is 3.83. The molecule has 0 aliphatic heterocycles. The van der Waals surface area contributed by atoms with E-state index in [1.54, 1.807) is 6.20 Å². The summed E-state index contributed by atoms with van der Waals surface area (Å²) in [4.78, 5) is 11.0. The number of aromatic nitrogens is 3. The minimum absolute atomic E-state index is 0.0235. The van der Waals surface area contributed by atoms with E-state index in [0.717, 1.165) is 4.88 Å². The van der Waals surface area contributed by atoms with Gasteiger partial charge in [-0.05, 0) is 6.92 Å². The van der Waals surface area contributed by atoms with E-state index in [9.17, 15) is 8.42 Å². The van der Waals surface area contributed by atoms with Gasteiger partial charge in [0.05, 0.1) is 12.5 Å². The van der Waals surface area contributed by atoms with Crippen molar-refractivity contribution in [2.45, 2.75) is 11.9 Å². The van der Waals surface area contributed by atoms with E-state index in [4.69, 9.17) is 0 Å². The zero-order chi connectivity index (χ0) is 10.9. The molecule has 6 nitrogen and oxygen atoms in total. The first kappa shape index (κ1) is 10.1. The maximum absolute atomic E-state index is 11.7. The summed E-state index contributed by atoms with van der Waals surface area (Å²) >= 11 is 1.28. The van der Waals surface area contributed by atoms with E-state index in [2.05, 4.69) is 19.7 Å². The van der Waals surface area contributed by atoms with Gasteiger partial charge in [-0.25, -0.2) is 9.97 Å². The molecule has 80 valence electrons. The van der Waals surface area contributed by atoms with Crippen LogP contribution in [0.5, 0.6) is 0 Å². The number of hydrogen-bond donors (Lipinski definition) is 2. The standard InChI is InChI=1S/C7H8N4O2S2/c1-5-2-9-7(14-5)11-15(12,13)6-3-8-4-10-6/h2-4H,1H3,(H,8,10)(H,9,11). The lowest BCUT2D eigenvalue weighted by atomic mass is 10.7. The summed E-state index contributed by atoms with van der Waals surface area (Å²) in [5, 5.41) is 0.373. The van der Waals surface area contributed by atoms with Crippen molar-refractivity contribution in [2.24, 2.45) is 0 Å². The number of aryl methyl sites for hydroxylation is 1. The molecule has 2 aromatic rings. The number of nitrogens with one attached hydrogen (secondary N) is 2. The van der Waals surface area contributed by atoms with E-state index < -0.39 is 10.0 Å². The van der Waals surface area contributed by atoms with Crippen molar-refractivity contribution in [1.82, 2.24) is 15.0 Å². The van der Waals surface area contributed by atoms with Crippen LogP contribution in [0.1, 0.15) is 4.88 Å². The Labute approximate surface area is 90.5 Å². The topological polar surface area (TPSA) is 87.7 Å². The number of rotatable bonds is 3. The fourth-order valence-electron chi connectivity index (χ4n) is 0.962. The molecule has 0 bridgehead atoms. The first-order valence-corrected chi connectivity index (χ1v) is 6.31. The van der Waals surface area contributed by atoms with Crippen LogP contribution in [-0.4, -0.2) is 23.4 Å². The summed E-state index contributed by atoms with van der Waals surface area (Å²) in [7, 11) is -3.58. The van der Waals surface area contributed by atoms with Gasteiger partial charge in [0, 0.05) is 11.1 Å². The average molecular weight is 244 g/mol. The van der Waals surface area contributed by atoms with Gasteiger partial charge in [-0.3, -0.25) is 4.72 Å². The lowest BCUT2D eigenvalue weighted by Crippen LogP contribution is -2.12. The highest BCUT2D eigenvalue weighted by Crippen LogP contribution is 2.19. The lowest BCUT2D eigenvalue weighted by molar-refractivity contribution is 0.598. The van der Waals surface area contributed by atoms with Crippen LogP contribution in [0.25, 0.3) is 0 Å². The summed E-state index contributed by atoms with van der Waals surface area (Å²) in [6.07, 6.45) is 4.15. The smallest absolute Gasteiger partial charge is 0.280 e. The molecule has 0 saturated heterocycles. The van der Waals surface area contributed by atoms with Crippen LogP contribution in [0.3, 0.4) is 0 Å². The zero-order valence-electron chi connectivity index (χ0n) is 7.76. The van der Waals surface area contributed by atoms with E-state index in [0.29, 0.717) is 5.13 Å². The Morgan fingerprint density at radius 1 is 1.47 bits per heavy atom. The molecule has 0 atom stereocenters. The van der Waals surface area contributed by atoms with Crippen molar-refractivity contribution in [3.05, 3.63) is 23.6 Å². The zero-order valence-corrected chi connectivity index (χ0v) is 9.39. The van der Waals surface area contributed by atoms with Crippen LogP contribution in [0.4, 0.5) is 5.13 Å². The van der Waals surface area contributed by atoms with E-state index >= 15 is 0 Å². The maximum atomic E-state index is 11.7. The van der Waals surface area contributed by atoms with E-state index in [1.165, 1.54) is 23.9 Å². The molecule has 0 aromatic carbocycles. The molecule has 8 heteroatoms. The molecule has 0 aliphatic rings. The van der Waals surface area contributed by atoms with Gasteiger partial charge in [-0.15, -0.1) is 11.3 Å². The summed E-state index contributed by atoms with van der Waals surface area (Å²) in [5.74, 6) is 0. The Kier molecular flexibility index (Phi) is 2.45. The number of sulfonamides is 1. The van der Waals surface area contributed by atoms with Crippen molar-refractivity contribution in [1.29, 1.82) is 0 Å². The Hall–Kier alpha value is -1.41. The van der Waals surface area contributed by atoms with Crippen LogP contribution in [0, 0.1) is 6.92 Å². The summed E-state index contributed by atoms with van der Waals surface area (Å²) in [6, 6.07) is 0. The van der Waals surface area contributed by atoms with Gasteiger partial charge < -0.3 is 4.98 Å². The van der Waals surface area contributed by atoms with Gasteiger partial charge in [-0.1, -0.05) is 0 Å². The molecule has 0 spiro atoms. The summed E-state index contributed by atoms with van der Waals surface area (Å²) < 4.78 is 25.7. The first-order valence-electron chi connectivity index (χ1n) is 4.01. The average Bonchev–Trinajstić information content (AvgIpc) is 2.75. The quantitative estimate of drug-likeness (QED) is 0.842. The van der Waals surface area contributed by atoms with Crippen LogP contribution in [0.15, 0.2) is 23.7 Å². The third kappa shape index (κ3) is 2.16. The minimum atomic E-state index is -3.58. The molecule has 2 N–H and O–H groups in total. The number of imidazole rings is 1. The van der Waals surface area contributed by atoms with Gasteiger partial charge in [0.25, 0.3) is 10.0 Å². The highest BCUT2D eigenvalue weighted by molar-refractivity contribution is 7.92. The molecular weight excluding hydrogens is 236 g/mol. The first-order chi connectivity index (χ1) is 7.08. The minimum Gasteiger partial charge on any atom is -0.334 e. The summed E-state index contributed by atoms with van der Waals surface area (Å²) in [5.41, 5.74) is 0. The molecular formula is C7H8N4O2S2. The molecule has 0 radical (unpaired) electrons. The van der Waals surface area contributed by atoms with Crippen molar-refractivity contribution < 1.29 is 8.42 Å². The van der Waals surface area contributed by atoms with Crippen LogP contribution in [0.2, 0.25) is 0 Å². The number of aromatic amines is 1. The predicted octanol–water partition coefficient (Wildman–Crippen LogP) is 0.975.